The van der Waals surface area contributed by atoms with Crippen LogP contribution in [0.4, 0.5) is 0 Å². The zero-order valence-corrected chi connectivity index (χ0v) is 9.24. The van der Waals surface area contributed by atoms with Crippen LogP contribution in [0.25, 0.3) is 0 Å². The molecule has 0 spiro atoms. The van der Waals surface area contributed by atoms with Crippen LogP contribution in [0.15, 0.2) is 11.4 Å². The molecule has 0 aliphatic carbocycles. The number of carbonyl (C=O) groups excluding carboxylic acids is 1. The molecule has 4 heteroatoms. The van der Waals surface area contributed by atoms with E-state index in [1.807, 2.05) is 5.38 Å². The number of rotatable bonds is 3. The molecule has 0 aromatic carbocycles. The summed E-state index contributed by atoms with van der Waals surface area (Å²) in [4.78, 5) is 11.7. The third-order valence-corrected chi connectivity index (χ3v) is 3.48. The van der Waals surface area contributed by atoms with Crippen LogP contribution in [0.3, 0.4) is 0 Å². The van der Waals surface area contributed by atoms with Crippen molar-refractivity contribution in [3.8, 4) is 0 Å². The first-order valence-electron chi connectivity index (χ1n) is 4.60. The molecule has 2 heterocycles. The van der Waals surface area contributed by atoms with Crippen molar-refractivity contribution >= 4 is 28.7 Å². The Bertz CT molecular complexity index is 329. The molecule has 1 unspecified atom stereocenters. The Kier molecular flexibility index (Phi) is 3.21. The van der Waals surface area contributed by atoms with Gasteiger partial charge in [-0.05, 0) is 18.4 Å². The number of halogens is 1. The third-order valence-electron chi connectivity index (χ3n) is 2.39. The van der Waals surface area contributed by atoms with Crippen LogP contribution in [0.5, 0.6) is 0 Å². The minimum Gasteiger partial charge on any atom is -0.381 e. The van der Waals surface area contributed by atoms with Crippen LogP contribution >= 0.6 is 22.9 Å². The van der Waals surface area contributed by atoms with Crippen molar-refractivity contribution in [2.75, 3.05) is 13.2 Å². The lowest BCUT2D eigenvalue weighted by atomic mass is 9.99. The maximum Gasteiger partial charge on any atom is 0.164 e. The van der Waals surface area contributed by atoms with Crippen molar-refractivity contribution in [1.29, 1.82) is 0 Å². The van der Waals surface area contributed by atoms with Gasteiger partial charge in [-0.2, -0.15) is 0 Å². The molecule has 2 nitrogen and oxygen atoms in total. The number of ketones is 1. The van der Waals surface area contributed by atoms with Crippen LogP contribution in [0, 0.1) is 5.92 Å². The van der Waals surface area contributed by atoms with Crippen LogP contribution in [0.2, 0.25) is 4.34 Å². The highest BCUT2D eigenvalue weighted by Crippen LogP contribution is 2.24. The predicted molar refractivity (Wildman–Crippen MR) is 57.2 cm³/mol. The second kappa shape index (κ2) is 4.43. The second-order valence-corrected chi connectivity index (χ2v) is 5.04. The topological polar surface area (TPSA) is 26.3 Å². The monoisotopic (exact) mass is 230 g/mol. The van der Waals surface area contributed by atoms with Crippen molar-refractivity contribution < 1.29 is 9.53 Å². The van der Waals surface area contributed by atoms with E-state index in [0.29, 0.717) is 16.7 Å². The zero-order chi connectivity index (χ0) is 9.97. The van der Waals surface area contributed by atoms with Crippen LogP contribution in [-0.4, -0.2) is 19.0 Å². The Morgan fingerprint density at radius 2 is 2.57 bits per heavy atom. The number of Topliss-reactive ketones (excluding diaryl/α,β-unsaturated/α-hetero) is 1. The van der Waals surface area contributed by atoms with Gasteiger partial charge in [0.25, 0.3) is 0 Å². The molecule has 1 aromatic rings. The molecule has 1 atom stereocenters. The molecular weight excluding hydrogens is 220 g/mol. The molecule has 1 saturated heterocycles. The fourth-order valence-electron chi connectivity index (χ4n) is 1.58. The highest BCUT2D eigenvalue weighted by molar-refractivity contribution is 7.14. The highest BCUT2D eigenvalue weighted by atomic mass is 35.5. The minimum absolute atomic E-state index is 0.184. The SMILES string of the molecule is O=C(CC1CCOC1)c1csc(Cl)c1. The molecular formula is C10H11ClO2S. The van der Waals surface area contributed by atoms with Crippen LogP contribution in [0.1, 0.15) is 23.2 Å². The third kappa shape index (κ3) is 2.35. The van der Waals surface area contributed by atoms with E-state index in [9.17, 15) is 4.79 Å². The Balaban J connectivity index is 1.95. The average molecular weight is 231 g/mol. The van der Waals surface area contributed by atoms with Crippen LogP contribution in [-0.2, 0) is 4.74 Å². The van der Waals surface area contributed by atoms with E-state index in [-0.39, 0.29) is 5.78 Å². The van der Waals surface area contributed by atoms with E-state index >= 15 is 0 Å². The summed E-state index contributed by atoms with van der Waals surface area (Å²) in [6.07, 6.45) is 1.59. The average Bonchev–Trinajstić information content (AvgIpc) is 2.75. The summed E-state index contributed by atoms with van der Waals surface area (Å²) < 4.78 is 5.90. The molecule has 0 radical (unpaired) electrons. The number of ether oxygens (including phenoxy) is 1. The van der Waals surface area contributed by atoms with E-state index in [1.54, 1.807) is 6.07 Å². The summed E-state index contributed by atoms with van der Waals surface area (Å²) in [5, 5.41) is 1.82. The molecule has 76 valence electrons. The summed E-state index contributed by atoms with van der Waals surface area (Å²) >= 11 is 7.17. The van der Waals surface area contributed by atoms with Gasteiger partial charge in [0.15, 0.2) is 5.78 Å². The van der Waals surface area contributed by atoms with Gasteiger partial charge in [0.05, 0.1) is 4.34 Å². The van der Waals surface area contributed by atoms with Gasteiger partial charge in [-0.15, -0.1) is 11.3 Å². The first kappa shape index (κ1) is 10.1. The number of hydrogen-bond acceptors (Lipinski definition) is 3. The van der Waals surface area contributed by atoms with Gasteiger partial charge < -0.3 is 4.74 Å². The van der Waals surface area contributed by atoms with E-state index in [2.05, 4.69) is 0 Å². The van der Waals surface area contributed by atoms with E-state index in [1.165, 1.54) is 11.3 Å². The first-order chi connectivity index (χ1) is 6.75. The zero-order valence-electron chi connectivity index (χ0n) is 7.66. The number of hydrogen-bond donors (Lipinski definition) is 0. The molecule has 1 aromatic heterocycles. The van der Waals surface area contributed by atoms with E-state index < -0.39 is 0 Å². The smallest absolute Gasteiger partial charge is 0.164 e. The number of carbonyl (C=O) groups is 1. The van der Waals surface area contributed by atoms with Crippen molar-refractivity contribution in [2.24, 2.45) is 5.92 Å². The Hall–Kier alpha value is -0.380. The molecule has 14 heavy (non-hydrogen) atoms. The van der Waals surface area contributed by atoms with Gasteiger partial charge in [0, 0.05) is 30.6 Å². The molecule has 1 aliphatic rings. The largest absolute Gasteiger partial charge is 0.381 e. The Morgan fingerprint density at radius 3 is 3.14 bits per heavy atom. The lowest BCUT2D eigenvalue weighted by Crippen LogP contribution is -2.07. The quantitative estimate of drug-likeness (QED) is 0.747. The summed E-state index contributed by atoms with van der Waals surface area (Å²) in [7, 11) is 0. The Morgan fingerprint density at radius 1 is 1.71 bits per heavy atom. The lowest BCUT2D eigenvalue weighted by molar-refractivity contribution is 0.0953. The standard InChI is InChI=1S/C10H11ClO2S/c11-10-4-8(6-14-10)9(12)3-7-1-2-13-5-7/h4,6-7H,1-3,5H2. The predicted octanol–water partition coefficient (Wildman–Crippen LogP) is 3.01. The van der Waals surface area contributed by atoms with Gasteiger partial charge in [0.1, 0.15) is 0 Å². The summed E-state index contributed by atoms with van der Waals surface area (Å²) in [5.41, 5.74) is 0.743. The second-order valence-electron chi connectivity index (χ2n) is 3.50. The highest BCUT2D eigenvalue weighted by Gasteiger charge is 2.20. The molecule has 0 amide bonds. The van der Waals surface area contributed by atoms with Crippen molar-refractivity contribution in [3.05, 3.63) is 21.3 Å². The molecule has 1 aliphatic heterocycles. The molecule has 1 fully saturated rings. The van der Waals surface area contributed by atoms with E-state index in [0.717, 1.165) is 25.2 Å². The fourth-order valence-corrected chi connectivity index (χ4v) is 2.47. The molecule has 0 saturated carbocycles. The minimum atomic E-state index is 0.184. The van der Waals surface area contributed by atoms with Crippen molar-refractivity contribution in [3.63, 3.8) is 0 Å². The van der Waals surface area contributed by atoms with Crippen molar-refractivity contribution in [2.45, 2.75) is 12.8 Å². The molecule has 2 rings (SSSR count). The van der Waals surface area contributed by atoms with E-state index in [4.69, 9.17) is 16.3 Å². The van der Waals surface area contributed by atoms with Gasteiger partial charge in [0.2, 0.25) is 0 Å². The summed E-state index contributed by atoms with van der Waals surface area (Å²) in [5.74, 6) is 0.588. The normalized spacial score (nSPS) is 21.4. The lowest BCUT2D eigenvalue weighted by Gasteiger charge is -2.04. The molecule has 0 N–H and O–H groups in total. The van der Waals surface area contributed by atoms with Gasteiger partial charge in [-0.25, -0.2) is 0 Å². The Labute approximate surface area is 91.8 Å². The van der Waals surface area contributed by atoms with Crippen LogP contribution < -0.4 is 0 Å². The summed E-state index contributed by atoms with van der Waals surface area (Å²) in [6.45, 7) is 1.52. The van der Waals surface area contributed by atoms with Gasteiger partial charge in [-0.3, -0.25) is 4.79 Å². The maximum absolute atomic E-state index is 11.7. The fraction of sp³-hybridized carbons (Fsp3) is 0.500. The van der Waals surface area contributed by atoms with Crippen molar-refractivity contribution in [1.82, 2.24) is 0 Å². The maximum atomic E-state index is 11.7. The molecule has 0 bridgehead atoms. The summed E-state index contributed by atoms with van der Waals surface area (Å²) in [6, 6.07) is 1.74. The first-order valence-corrected chi connectivity index (χ1v) is 5.86. The van der Waals surface area contributed by atoms with Gasteiger partial charge in [-0.1, -0.05) is 11.6 Å². The van der Waals surface area contributed by atoms with Gasteiger partial charge >= 0.3 is 0 Å². The number of thiophene rings is 1.